The van der Waals surface area contributed by atoms with Crippen molar-refractivity contribution in [2.45, 2.75) is 18.4 Å². The minimum absolute atomic E-state index is 0.299. The van der Waals surface area contributed by atoms with Crippen molar-refractivity contribution in [3.63, 3.8) is 0 Å². The minimum Gasteiger partial charge on any atom is -0.478 e. The van der Waals surface area contributed by atoms with Gasteiger partial charge in [-0.2, -0.15) is 0 Å². The second-order valence-corrected chi connectivity index (χ2v) is 3.65. The number of rotatable bonds is 2. The summed E-state index contributed by atoms with van der Waals surface area (Å²) in [7, 11) is 0. The van der Waals surface area contributed by atoms with Crippen LogP contribution in [0, 0.1) is 11.6 Å². The molecule has 0 atom stereocenters. The van der Waals surface area contributed by atoms with E-state index in [9.17, 15) is 18.7 Å². The molecule has 1 aromatic rings. The Morgan fingerprint density at radius 1 is 1.27 bits per heavy atom. The van der Waals surface area contributed by atoms with Crippen molar-refractivity contribution < 1.29 is 23.8 Å². The highest BCUT2D eigenvalue weighted by molar-refractivity contribution is 5.87. The van der Waals surface area contributed by atoms with Crippen LogP contribution in [0.15, 0.2) is 12.1 Å². The normalized spacial score (nSPS) is 17.5. The van der Waals surface area contributed by atoms with E-state index in [1.165, 1.54) is 0 Å². The zero-order valence-electron chi connectivity index (χ0n) is 7.63. The Labute approximate surface area is 84.0 Å². The molecule has 0 bridgehead atoms. The van der Waals surface area contributed by atoms with Gasteiger partial charge in [-0.05, 0) is 25.0 Å². The number of carbonyl (C=O) groups is 1. The molecule has 0 amide bonds. The summed E-state index contributed by atoms with van der Waals surface area (Å²) < 4.78 is 26.7. The molecule has 1 fully saturated rings. The van der Waals surface area contributed by atoms with Gasteiger partial charge >= 0.3 is 5.97 Å². The molecule has 0 aromatic heterocycles. The van der Waals surface area contributed by atoms with Crippen LogP contribution in [0.4, 0.5) is 8.78 Å². The van der Waals surface area contributed by atoms with Crippen LogP contribution in [0.1, 0.15) is 28.8 Å². The molecule has 1 aliphatic carbocycles. The van der Waals surface area contributed by atoms with Crippen LogP contribution in [0.25, 0.3) is 0 Å². The second-order valence-electron chi connectivity index (χ2n) is 3.65. The standard InChI is InChI=1S/C10H8F2O3/c11-6-3-5(9(13)14)4-7(12)8(6)10(15)1-2-10/h3-4,15H,1-2H2,(H,13,14). The number of aliphatic hydroxyl groups is 1. The Bertz CT molecular complexity index is 415. The number of carboxylic acid groups (broad SMARTS) is 1. The third kappa shape index (κ3) is 1.59. The van der Waals surface area contributed by atoms with Gasteiger partial charge in [0.2, 0.25) is 0 Å². The third-order valence-corrected chi connectivity index (χ3v) is 2.48. The van der Waals surface area contributed by atoms with E-state index in [0.29, 0.717) is 12.8 Å². The van der Waals surface area contributed by atoms with Gasteiger partial charge in [0, 0.05) is 0 Å². The molecule has 2 rings (SSSR count). The predicted molar refractivity (Wildman–Crippen MR) is 46.4 cm³/mol. The first-order valence-corrected chi connectivity index (χ1v) is 4.39. The van der Waals surface area contributed by atoms with Crippen LogP contribution in [-0.4, -0.2) is 16.2 Å². The first-order chi connectivity index (χ1) is 6.94. The lowest BCUT2D eigenvalue weighted by Gasteiger charge is -2.11. The predicted octanol–water partition coefficient (Wildman–Crippen LogP) is 1.64. The molecular formula is C10H8F2O3. The fourth-order valence-corrected chi connectivity index (χ4v) is 1.51. The van der Waals surface area contributed by atoms with Crippen LogP contribution >= 0.6 is 0 Å². The van der Waals surface area contributed by atoms with E-state index in [2.05, 4.69) is 0 Å². The second kappa shape index (κ2) is 3.00. The van der Waals surface area contributed by atoms with E-state index < -0.39 is 34.3 Å². The van der Waals surface area contributed by atoms with E-state index in [4.69, 9.17) is 5.11 Å². The quantitative estimate of drug-likeness (QED) is 0.786. The first kappa shape index (κ1) is 10.0. The van der Waals surface area contributed by atoms with Crippen molar-refractivity contribution in [3.05, 3.63) is 34.9 Å². The Morgan fingerprint density at radius 2 is 1.73 bits per heavy atom. The first-order valence-electron chi connectivity index (χ1n) is 4.39. The van der Waals surface area contributed by atoms with Crippen molar-refractivity contribution in [2.24, 2.45) is 0 Å². The number of aromatic carboxylic acids is 1. The summed E-state index contributed by atoms with van der Waals surface area (Å²) in [5.74, 6) is -3.41. The van der Waals surface area contributed by atoms with Crippen LogP contribution in [-0.2, 0) is 5.60 Å². The number of benzene rings is 1. The van der Waals surface area contributed by atoms with E-state index in [1.54, 1.807) is 0 Å². The molecule has 1 saturated carbocycles. The maximum absolute atomic E-state index is 13.3. The molecule has 3 nitrogen and oxygen atoms in total. The average molecular weight is 214 g/mol. The van der Waals surface area contributed by atoms with Crippen molar-refractivity contribution in [1.82, 2.24) is 0 Å². The summed E-state index contributed by atoms with van der Waals surface area (Å²) >= 11 is 0. The number of hydrogen-bond acceptors (Lipinski definition) is 2. The Kier molecular flexibility index (Phi) is 2.01. The monoisotopic (exact) mass is 214 g/mol. The van der Waals surface area contributed by atoms with E-state index in [1.807, 2.05) is 0 Å². The highest BCUT2D eigenvalue weighted by atomic mass is 19.1. The van der Waals surface area contributed by atoms with Crippen molar-refractivity contribution in [1.29, 1.82) is 0 Å². The number of carboxylic acids is 1. The molecule has 0 saturated heterocycles. The Hall–Kier alpha value is -1.49. The Balaban J connectivity index is 2.54. The highest BCUT2D eigenvalue weighted by Crippen LogP contribution is 2.47. The molecular weight excluding hydrogens is 206 g/mol. The lowest BCUT2D eigenvalue weighted by Crippen LogP contribution is -2.12. The van der Waals surface area contributed by atoms with Gasteiger partial charge in [-0.1, -0.05) is 0 Å². The van der Waals surface area contributed by atoms with Crippen molar-refractivity contribution in [2.75, 3.05) is 0 Å². The van der Waals surface area contributed by atoms with Gasteiger partial charge in [0.25, 0.3) is 0 Å². The van der Waals surface area contributed by atoms with Crippen LogP contribution in [0.5, 0.6) is 0 Å². The zero-order chi connectivity index (χ0) is 11.2. The number of halogens is 2. The lowest BCUT2D eigenvalue weighted by atomic mass is 10.0. The van der Waals surface area contributed by atoms with Gasteiger partial charge in [0.15, 0.2) is 0 Å². The number of hydrogen-bond donors (Lipinski definition) is 2. The van der Waals surface area contributed by atoms with Crippen LogP contribution in [0.3, 0.4) is 0 Å². The van der Waals surface area contributed by atoms with E-state index in [0.717, 1.165) is 12.1 Å². The molecule has 80 valence electrons. The SMILES string of the molecule is O=C(O)c1cc(F)c(C2(O)CC2)c(F)c1. The van der Waals surface area contributed by atoms with E-state index >= 15 is 0 Å². The van der Waals surface area contributed by atoms with Gasteiger partial charge < -0.3 is 10.2 Å². The molecule has 0 aliphatic heterocycles. The summed E-state index contributed by atoms with van der Waals surface area (Å²) in [6.45, 7) is 0. The summed E-state index contributed by atoms with van der Waals surface area (Å²) in [6, 6.07) is 1.44. The topological polar surface area (TPSA) is 57.5 Å². The van der Waals surface area contributed by atoms with E-state index in [-0.39, 0.29) is 0 Å². The molecule has 5 heteroatoms. The molecule has 2 N–H and O–H groups in total. The Morgan fingerprint density at radius 3 is 2.07 bits per heavy atom. The summed E-state index contributed by atoms with van der Waals surface area (Å²) in [6.07, 6.45) is 0.598. The molecule has 1 aliphatic rings. The summed E-state index contributed by atoms with van der Waals surface area (Å²) in [5.41, 5.74) is -2.32. The van der Waals surface area contributed by atoms with Gasteiger partial charge in [0.05, 0.1) is 16.7 Å². The molecule has 0 radical (unpaired) electrons. The maximum atomic E-state index is 13.3. The fourth-order valence-electron chi connectivity index (χ4n) is 1.51. The minimum atomic E-state index is -1.44. The van der Waals surface area contributed by atoms with Gasteiger partial charge in [-0.3, -0.25) is 0 Å². The molecule has 0 heterocycles. The van der Waals surface area contributed by atoms with Gasteiger partial charge in [-0.25, -0.2) is 13.6 Å². The summed E-state index contributed by atoms with van der Waals surface area (Å²) in [5, 5.41) is 18.1. The zero-order valence-corrected chi connectivity index (χ0v) is 7.63. The molecule has 0 unspecified atom stereocenters. The third-order valence-electron chi connectivity index (χ3n) is 2.48. The van der Waals surface area contributed by atoms with Gasteiger partial charge in [-0.15, -0.1) is 0 Å². The molecule has 0 spiro atoms. The van der Waals surface area contributed by atoms with Crippen molar-refractivity contribution in [3.8, 4) is 0 Å². The van der Waals surface area contributed by atoms with Gasteiger partial charge in [0.1, 0.15) is 11.6 Å². The highest BCUT2D eigenvalue weighted by Gasteiger charge is 2.46. The largest absolute Gasteiger partial charge is 0.478 e. The molecule has 1 aromatic carbocycles. The van der Waals surface area contributed by atoms with Crippen molar-refractivity contribution >= 4 is 5.97 Å². The lowest BCUT2D eigenvalue weighted by molar-refractivity contribution is 0.0694. The average Bonchev–Trinajstić information content (AvgIpc) is 2.82. The fraction of sp³-hybridized carbons (Fsp3) is 0.300. The maximum Gasteiger partial charge on any atom is 0.335 e. The smallest absolute Gasteiger partial charge is 0.335 e. The summed E-state index contributed by atoms with van der Waals surface area (Å²) in [4.78, 5) is 10.5. The molecule has 15 heavy (non-hydrogen) atoms. The van der Waals surface area contributed by atoms with Crippen LogP contribution in [0.2, 0.25) is 0 Å². The van der Waals surface area contributed by atoms with Crippen LogP contribution < -0.4 is 0 Å².